The van der Waals surface area contributed by atoms with Crippen molar-refractivity contribution in [2.75, 3.05) is 7.11 Å². The molecule has 0 radical (unpaired) electrons. The smallest absolute Gasteiger partial charge is 0.312 e. The quantitative estimate of drug-likeness (QED) is 0.760. The number of ether oxygens (including phenoxy) is 2. The van der Waals surface area contributed by atoms with Crippen LogP contribution in [0.15, 0.2) is 12.3 Å². The minimum atomic E-state index is -0.624. The van der Waals surface area contributed by atoms with Gasteiger partial charge >= 0.3 is 5.97 Å². The molecule has 0 fully saturated rings. The number of carbonyl (C=O) groups is 1. The molecule has 1 aromatic heterocycles. The third-order valence-electron chi connectivity index (χ3n) is 1.88. The standard InChI is InChI=1S/C12H16FNO3/c1-12(2,3)17-10(15)7-8-11(13)9(16-4)5-6-14-8/h5-6H,7H2,1-4H3. The van der Waals surface area contributed by atoms with Gasteiger partial charge in [0.2, 0.25) is 0 Å². The molecule has 0 amide bonds. The lowest BCUT2D eigenvalue weighted by Gasteiger charge is -2.19. The van der Waals surface area contributed by atoms with Gasteiger partial charge in [-0.1, -0.05) is 0 Å². The van der Waals surface area contributed by atoms with Crippen LogP contribution in [0.4, 0.5) is 4.39 Å². The molecule has 1 aromatic rings. The first-order chi connectivity index (χ1) is 7.83. The van der Waals surface area contributed by atoms with E-state index in [1.807, 2.05) is 0 Å². The zero-order valence-corrected chi connectivity index (χ0v) is 10.4. The first-order valence-corrected chi connectivity index (χ1v) is 5.22. The maximum atomic E-state index is 13.7. The zero-order valence-electron chi connectivity index (χ0n) is 10.4. The van der Waals surface area contributed by atoms with Crippen molar-refractivity contribution in [2.45, 2.75) is 32.8 Å². The van der Waals surface area contributed by atoms with Gasteiger partial charge in [-0.2, -0.15) is 0 Å². The van der Waals surface area contributed by atoms with Gasteiger partial charge in [-0.15, -0.1) is 0 Å². The molecule has 0 bridgehead atoms. The van der Waals surface area contributed by atoms with Crippen molar-refractivity contribution < 1.29 is 18.7 Å². The third kappa shape index (κ3) is 4.01. The van der Waals surface area contributed by atoms with Crippen LogP contribution in [-0.4, -0.2) is 23.7 Å². The summed E-state index contributed by atoms with van der Waals surface area (Å²) in [5, 5.41) is 0. The predicted molar refractivity (Wildman–Crippen MR) is 60.3 cm³/mol. The molecule has 0 atom stereocenters. The van der Waals surface area contributed by atoms with Gasteiger partial charge in [0.1, 0.15) is 5.60 Å². The molecule has 0 aliphatic heterocycles. The highest BCUT2D eigenvalue weighted by atomic mass is 19.1. The molecule has 0 unspecified atom stereocenters. The number of esters is 1. The first-order valence-electron chi connectivity index (χ1n) is 5.22. The Balaban J connectivity index is 2.79. The van der Waals surface area contributed by atoms with E-state index >= 15 is 0 Å². The van der Waals surface area contributed by atoms with E-state index in [9.17, 15) is 9.18 Å². The fraction of sp³-hybridized carbons (Fsp3) is 0.500. The Hall–Kier alpha value is -1.65. The summed E-state index contributed by atoms with van der Waals surface area (Å²) in [7, 11) is 1.36. The van der Waals surface area contributed by atoms with Crippen LogP contribution in [0.25, 0.3) is 0 Å². The van der Waals surface area contributed by atoms with Crippen LogP contribution in [0.3, 0.4) is 0 Å². The highest BCUT2D eigenvalue weighted by Crippen LogP contribution is 2.19. The minimum absolute atomic E-state index is 0.0265. The molecule has 0 N–H and O–H groups in total. The van der Waals surface area contributed by atoms with Crippen molar-refractivity contribution in [1.82, 2.24) is 4.98 Å². The number of halogens is 1. The number of rotatable bonds is 3. The molecule has 0 saturated carbocycles. The Bertz CT molecular complexity index is 413. The minimum Gasteiger partial charge on any atom is -0.494 e. The summed E-state index contributed by atoms with van der Waals surface area (Å²) in [5.41, 5.74) is -0.564. The second-order valence-corrected chi connectivity index (χ2v) is 4.54. The summed E-state index contributed by atoms with van der Waals surface area (Å²) in [4.78, 5) is 15.3. The van der Waals surface area contributed by atoms with Crippen LogP contribution in [0.5, 0.6) is 5.75 Å². The van der Waals surface area contributed by atoms with E-state index in [0.29, 0.717) is 0 Å². The fourth-order valence-corrected chi connectivity index (χ4v) is 1.26. The van der Waals surface area contributed by atoms with E-state index in [4.69, 9.17) is 9.47 Å². The number of hydrogen-bond acceptors (Lipinski definition) is 4. The largest absolute Gasteiger partial charge is 0.494 e. The van der Waals surface area contributed by atoms with Gasteiger partial charge in [0, 0.05) is 12.3 Å². The summed E-state index contributed by atoms with van der Waals surface area (Å²) in [6.45, 7) is 5.25. The average Bonchev–Trinajstić information content (AvgIpc) is 2.18. The molecule has 5 heteroatoms. The predicted octanol–water partition coefficient (Wildman–Crippen LogP) is 2.11. The summed E-state index contributed by atoms with van der Waals surface area (Å²) in [5.74, 6) is -1.07. The summed E-state index contributed by atoms with van der Waals surface area (Å²) in [6.07, 6.45) is 1.18. The second kappa shape index (κ2) is 5.12. The van der Waals surface area contributed by atoms with Gasteiger partial charge < -0.3 is 9.47 Å². The zero-order chi connectivity index (χ0) is 13.1. The topological polar surface area (TPSA) is 48.4 Å². The molecule has 1 rings (SSSR count). The Morgan fingerprint density at radius 3 is 2.65 bits per heavy atom. The van der Waals surface area contributed by atoms with E-state index in [1.165, 1.54) is 19.4 Å². The van der Waals surface area contributed by atoms with Crippen LogP contribution >= 0.6 is 0 Å². The molecular weight excluding hydrogens is 225 g/mol. The molecule has 0 aliphatic rings. The number of aromatic nitrogens is 1. The van der Waals surface area contributed by atoms with Crippen molar-refractivity contribution in [1.29, 1.82) is 0 Å². The van der Waals surface area contributed by atoms with Crippen molar-refractivity contribution in [3.05, 3.63) is 23.8 Å². The van der Waals surface area contributed by atoms with Crippen molar-refractivity contribution in [3.8, 4) is 5.75 Å². The number of carbonyl (C=O) groups excluding carboxylic acids is 1. The molecule has 0 spiro atoms. The first kappa shape index (κ1) is 13.4. The molecule has 1 heterocycles. The highest BCUT2D eigenvalue weighted by Gasteiger charge is 2.19. The monoisotopic (exact) mass is 241 g/mol. The van der Waals surface area contributed by atoms with E-state index in [2.05, 4.69) is 4.98 Å². The van der Waals surface area contributed by atoms with Crippen LogP contribution < -0.4 is 4.74 Å². The van der Waals surface area contributed by atoms with E-state index in [1.54, 1.807) is 20.8 Å². The molecule has 94 valence electrons. The van der Waals surface area contributed by atoms with Crippen molar-refractivity contribution in [3.63, 3.8) is 0 Å². The fourth-order valence-electron chi connectivity index (χ4n) is 1.26. The Labute approximate surface area is 99.8 Å². The van der Waals surface area contributed by atoms with Crippen LogP contribution in [-0.2, 0) is 16.0 Å². The number of nitrogens with zero attached hydrogens (tertiary/aromatic N) is 1. The number of pyridine rings is 1. The lowest BCUT2D eigenvalue weighted by Crippen LogP contribution is -2.25. The van der Waals surface area contributed by atoms with Crippen molar-refractivity contribution in [2.24, 2.45) is 0 Å². The SMILES string of the molecule is COc1ccnc(CC(=O)OC(C)(C)C)c1F. The molecule has 0 aliphatic carbocycles. The van der Waals surface area contributed by atoms with Crippen LogP contribution in [0.1, 0.15) is 26.5 Å². The van der Waals surface area contributed by atoms with Gasteiger partial charge in [0.25, 0.3) is 0 Å². The number of methoxy groups -OCH3 is 1. The Morgan fingerprint density at radius 1 is 1.47 bits per heavy atom. The average molecular weight is 241 g/mol. The summed E-state index contributed by atoms with van der Waals surface area (Å²) < 4.78 is 23.6. The number of hydrogen-bond donors (Lipinski definition) is 0. The Kier molecular flexibility index (Phi) is 4.04. The van der Waals surface area contributed by atoms with E-state index < -0.39 is 17.4 Å². The summed E-state index contributed by atoms with van der Waals surface area (Å²) >= 11 is 0. The molecular formula is C12H16FNO3. The van der Waals surface area contributed by atoms with Gasteiger partial charge in [-0.3, -0.25) is 9.78 Å². The van der Waals surface area contributed by atoms with Crippen LogP contribution in [0.2, 0.25) is 0 Å². The van der Waals surface area contributed by atoms with Gasteiger partial charge in [0.15, 0.2) is 11.6 Å². The Morgan fingerprint density at radius 2 is 2.12 bits per heavy atom. The molecule has 17 heavy (non-hydrogen) atoms. The maximum absolute atomic E-state index is 13.7. The molecule has 0 saturated heterocycles. The second-order valence-electron chi connectivity index (χ2n) is 4.54. The van der Waals surface area contributed by atoms with Gasteiger partial charge in [-0.25, -0.2) is 4.39 Å². The van der Waals surface area contributed by atoms with Crippen molar-refractivity contribution >= 4 is 5.97 Å². The maximum Gasteiger partial charge on any atom is 0.312 e. The van der Waals surface area contributed by atoms with Gasteiger partial charge in [0.05, 0.1) is 19.2 Å². The normalized spacial score (nSPS) is 11.1. The van der Waals surface area contributed by atoms with E-state index in [-0.39, 0.29) is 17.9 Å². The lowest BCUT2D eigenvalue weighted by atomic mass is 10.2. The molecule has 0 aromatic carbocycles. The highest BCUT2D eigenvalue weighted by molar-refractivity contribution is 5.72. The van der Waals surface area contributed by atoms with E-state index in [0.717, 1.165) is 0 Å². The third-order valence-corrected chi connectivity index (χ3v) is 1.88. The molecule has 4 nitrogen and oxygen atoms in total. The van der Waals surface area contributed by atoms with Gasteiger partial charge in [-0.05, 0) is 20.8 Å². The summed E-state index contributed by atoms with van der Waals surface area (Å²) in [6, 6.07) is 1.40. The van der Waals surface area contributed by atoms with Crippen LogP contribution in [0, 0.1) is 5.82 Å². The lowest BCUT2D eigenvalue weighted by molar-refractivity contribution is -0.154.